The van der Waals surface area contributed by atoms with E-state index in [4.69, 9.17) is 0 Å². The average Bonchev–Trinajstić information content (AvgIpc) is 2.65. The Bertz CT molecular complexity index is 898. The Balaban J connectivity index is 1.92. The summed E-state index contributed by atoms with van der Waals surface area (Å²) in [4.78, 5) is 12.2. The monoisotopic (exact) mass is 406 g/mol. The van der Waals surface area contributed by atoms with Gasteiger partial charge in [-0.2, -0.15) is 0 Å². The fourth-order valence-corrected chi connectivity index (χ4v) is 3.91. The Morgan fingerprint density at radius 2 is 1.79 bits per heavy atom. The van der Waals surface area contributed by atoms with Crippen LogP contribution in [0.2, 0.25) is 0 Å². The first kappa shape index (κ1) is 21.9. The molecule has 0 saturated carbocycles. The Kier molecular flexibility index (Phi) is 7.57. The van der Waals surface area contributed by atoms with Crippen LogP contribution in [-0.2, 0) is 21.2 Å². The topological polar surface area (TPSA) is 66.5 Å². The Hall–Kier alpha value is -2.41. The minimum absolute atomic E-state index is 0.00482. The number of sulfonamides is 1. The molecule has 2 rings (SSSR count). The van der Waals surface area contributed by atoms with E-state index < -0.39 is 15.8 Å². The lowest BCUT2D eigenvalue weighted by Gasteiger charge is -2.23. The zero-order valence-electron chi connectivity index (χ0n) is 16.5. The summed E-state index contributed by atoms with van der Waals surface area (Å²) >= 11 is 0. The second-order valence-electron chi connectivity index (χ2n) is 6.77. The molecule has 1 N–H and O–H groups in total. The first-order valence-electron chi connectivity index (χ1n) is 9.32. The van der Waals surface area contributed by atoms with Crippen molar-refractivity contribution in [3.05, 3.63) is 65.5 Å². The molecule has 0 bridgehead atoms. The number of para-hydroxylation sites is 1. The Labute approximate surface area is 166 Å². The highest BCUT2D eigenvalue weighted by Crippen LogP contribution is 2.22. The molecular formula is C21H27FN2O3S. The number of hydrogen-bond acceptors (Lipinski definition) is 3. The predicted octanol–water partition coefficient (Wildman–Crippen LogP) is 3.81. The molecule has 0 heterocycles. The van der Waals surface area contributed by atoms with Crippen LogP contribution in [0, 0.1) is 5.82 Å². The van der Waals surface area contributed by atoms with E-state index in [0.29, 0.717) is 0 Å². The van der Waals surface area contributed by atoms with Gasteiger partial charge in [0.1, 0.15) is 5.82 Å². The van der Waals surface area contributed by atoms with Gasteiger partial charge in [0.25, 0.3) is 0 Å². The summed E-state index contributed by atoms with van der Waals surface area (Å²) in [5.41, 5.74) is 2.24. The number of hydrogen-bond donors (Lipinski definition) is 1. The molecule has 0 radical (unpaired) electrons. The van der Waals surface area contributed by atoms with E-state index in [2.05, 4.69) is 12.2 Å². The second-order valence-corrected chi connectivity index (χ2v) is 8.68. The summed E-state index contributed by atoms with van der Waals surface area (Å²) in [5, 5.41) is 2.92. The van der Waals surface area contributed by atoms with Gasteiger partial charge in [-0.05, 0) is 43.0 Å². The van der Waals surface area contributed by atoms with Crippen LogP contribution >= 0.6 is 0 Å². The third-order valence-corrected chi connectivity index (χ3v) is 5.73. The van der Waals surface area contributed by atoms with Gasteiger partial charge >= 0.3 is 0 Å². The molecule has 0 aliphatic rings. The smallest absolute Gasteiger partial charge is 0.232 e. The van der Waals surface area contributed by atoms with Crippen LogP contribution in [0.5, 0.6) is 0 Å². The lowest BCUT2D eigenvalue weighted by Crippen LogP contribution is -2.33. The second kappa shape index (κ2) is 9.68. The largest absolute Gasteiger partial charge is 0.350 e. The molecule has 2 aromatic carbocycles. The zero-order chi connectivity index (χ0) is 20.7. The van der Waals surface area contributed by atoms with Gasteiger partial charge in [0.05, 0.1) is 18.0 Å². The number of aryl methyl sites for hydroxylation is 1. The molecule has 0 aromatic heterocycles. The van der Waals surface area contributed by atoms with Crippen LogP contribution < -0.4 is 9.62 Å². The van der Waals surface area contributed by atoms with E-state index in [-0.39, 0.29) is 37.0 Å². The van der Waals surface area contributed by atoms with Crippen LogP contribution in [-0.4, -0.2) is 27.1 Å². The minimum atomic E-state index is -3.65. The maximum Gasteiger partial charge on any atom is 0.232 e. The highest BCUT2D eigenvalue weighted by molar-refractivity contribution is 7.92. The molecule has 1 amide bonds. The predicted molar refractivity (Wildman–Crippen MR) is 110 cm³/mol. The molecular weight excluding hydrogens is 379 g/mol. The van der Waals surface area contributed by atoms with Gasteiger partial charge in [-0.3, -0.25) is 9.10 Å². The molecule has 0 unspecified atom stereocenters. The van der Waals surface area contributed by atoms with Crippen molar-refractivity contribution in [1.29, 1.82) is 0 Å². The lowest BCUT2D eigenvalue weighted by molar-refractivity contribution is -0.121. The first-order valence-corrected chi connectivity index (χ1v) is 11.2. The normalized spacial score (nSPS) is 12.4. The number of anilines is 1. The summed E-state index contributed by atoms with van der Waals surface area (Å²) in [6.45, 7) is 4.02. The molecule has 28 heavy (non-hydrogen) atoms. The number of carbonyl (C=O) groups is 1. The molecule has 0 aliphatic heterocycles. The molecule has 5 nitrogen and oxygen atoms in total. The number of carbonyl (C=O) groups excluding carboxylic acids is 1. The number of benzene rings is 2. The number of rotatable bonds is 9. The molecule has 7 heteroatoms. The van der Waals surface area contributed by atoms with Crippen LogP contribution in [0.3, 0.4) is 0 Å². The third-order valence-electron chi connectivity index (χ3n) is 4.55. The molecule has 0 aliphatic carbocycles. The van der Waals surface area contributed by atoms with Crippen LogP contribution in [0.15, 0.2) is 48.5 Å². The maximum absolute atomic E-state index is 14.0. The van der Waals surface area contributed by atoms with Crippen LogP contribution in [0.4, 0.5) is 10.1 Å². The summed E-state index contributed by atoms with van der Waals surface area (Å²) in [6.07, 6.45) is 2.42. The summed E-state index contributed by atoms with van der Waals surface area (Å²) in [7, 11) is -3.65. The average molecular weight is 407 g/mol. The van der Waals surface area contributed by atoms with Crippen molar-refractivity contribution in [3.63, 3.8) is 0 Å². The molecule has 152 valence electrons. The van der Waals surface area contributed by atoms with Gasteiger partial charge in [-0.1, -0.05) is 43.3 Å². The Morgan fingerprint density at radius 1 is 1.14 bits per heavy atom. The van der Waals surface area contributed by atoms with Crippen molar-refractivity contribution < 1.29 is 17.6 Å². The Morgan fingerprint density at radius 3 is 2.36 bits per heavy atom. The number of amides is 1. The SMILES string of the molecule is CCc1ccc([C@H](C)NC(=O)CCCN(c2ccccc2F)S(C)(=O)=O)cc1. The van der Waals surface area contributed by atoms with Crippen molar-refractivity contribution >= 4 is 21.6 Å². The fraction of sp³-hybridized carbons (Fsp3) is 0.381. The maximum atomic E-state index is 14.0. The fourth-order valence-electron chi connectivity index (χ4n) is 2.94. The van der Waals surface area contributed by atoms with Crippen LogP contribution in [0.1, 0.15) is 43.9 Å². The minimum Gasteiger partial charge on any atom is -0.350 e. The van der Waals surface area contributed by atoms with Gasteiger partial charge in [0.15, 0.2) is 0 Å². The quantitative estimate of drug-likeness (QED) is 0.689. The number of nitrogens with one attached hydrogen (secondary N) is 1. The van der Waals surface area contributed by atoms with Crippen LogP contribution in [0.25, 0.3) is 0 Å². The van der Waals surface area contributed by atoms with Crippen molar-refractivity contribution in [2.75, 3.05) is 17.1 Å². The van der Waals surface area contributed by atoms with E-state index in [1.165, 1.54) is 23.8 Å². The van der Waals surface area contributed by atoms with Gasteiger partial charge in [-0.25, -0.2) is 12.8 Å². The molecule has 0 saturated heterocycles. The van der Waals surface area contributed by atoms with Gasteiger partial charge in [0, 0.05) is 13.0 Å². The highest BCUT2D eigenvalue weighted by Gasteiger charge is 2.20. The molecule has 1 atom stereocenters. The zero-order valence-corrected chi connectivity index (χ0v) is 17.3. The van der Waals surface area contributed by atoms with E-state index in [1.54, 1.807) is 6.07 Å². The highest BCUT2D eigenvalue weighted by atomic mass is 32.2. The van der Waals surface area contributed by atoms with E-state index >= 15 is 0 Å². The molecule has 0 fully saturated rings. The van der Waals surface area contributed by atoms with E-state index in [9.17, 15) is 17.6 Å². The standard InChI is InChI=1S/C21H27FN2O3S/c1-4-17-11-13-18(14-12-17)16(2)23-21(25)10-7-15-24(28(3,26)27)20-9-6-5-8-19(20)22/h5-6,8-9,11-14,16H,4,7,10,15H2,1-3H3,(H,23,25)/t16-/m0/s1. The third kappa shape index (κ3) is 6.05. The van der Waals surface area contributed by atoms with Gasteiger partial charge < -0.3 is 5.32 Å². The van der Waals surface area contributed by atoms with Crippen molar-refractivity contribution in [2.45, 2.75) is 39.2 Å². The summed E-state index contributed by atoms with van der Waals surface area (Å²) < 4.78 is 39.1. The first-order chi connectivity index (χ1) is 13.2. The van der Waals surface area contributed by atoms with Crippen molar-refractivity contribution in [3.8, 4) is 0 Å². The van der Waals surface area contributed by atoms with Crippen molar-refractivity contribution in [1.82, 2.24) is 5.32 Å². The van der Waals surface area contributed by atoms with Gasteiger partial charge in [-0.15, -0.1) is 0 Å². The van der Waals surface area contributed by atoms with E-state index in [0.717, 1.165) is 22.5 Å². The number of halogens is 1. The molecule has 0 spiro atoms. The van der Waals surface area contributed by atoms with Gasteiger partial charge in [0.2, 0.25) is 15.9 Å². The lowest BCUT2D eigenvalue weighted by atomic mass is 10.0. The van der Waals surface area contributed by atoms with Crippen molar-refractivity contribution in [2.24, 2.45) is 0 Å². The summed E-state index contributed by atoms with van der Waals surface area (Å²) in [5.74, 6) is -0.782. The number of nitrogens with zero attached hydrogens (tertiary/aromatic N) is 1. The summed E-state index contributed by atoms with van der Waals surface area (Å²) in [6, 6.07) is 13.6. The molecule has 2 aromatic rings. The van der Waals surface area contributed by atoms with E-state index in [1.807, 2.05) is 31.2 Å².